The first-order valence-electron chi connectivity index (χ1n) is 22.2. The lowest BCUT2D eigenvalue weighted by atomic mass is 9.92. The highest BCUT2D eigenvalue weighted by Gasteiger charge is 2.42. The Hall–Kier alpha value is -6.33. The minimum absolute atomic E-state index is 0.106. The van der Waals surface area contributed by atoms with Gasteiger partial charge in [0.2, 0.25) is 12.3 Å². The van der Waals surface area contributed by atoms with Gasteiger partial charge in [-0.15, -0.1) is 0 Å². The van der Waals surface area contributed by atoms with Gasteiger partial charge in [-0.1, -0.05) is 69.3 Å². The van der Waals surface area contributed by atoms with E-state index in [1.807, 2.05) is 61.3 Å². The van der Waals surface area contributed by atoms with Crippen LogP contribution in [0.2, 0.25) is 0 Å². The number of carbonyl (C=O) groups excluding carboxylic acids is 3. The number of benzene rings is 4. The third-order valence-corrected chi connectivity index (χ3v) is 13.1. The monoisotopic (exact) mass is 884 g/mol. The van der Waals surface area contributed by atoms with E-state index in [4.69, 9.17) is 28.9 Å². The van der Waals surface area contributed by atoms with Crippen LogP contribution < -0.4 is 15.4 Å². The molecule has 3 amide bonds. The van der Waals surface area contributed by atoms with Crippen molar-refractivity contribution in [3.05, 3.63) is 102 Å². The number of aliphatic hydroxyl groups excluding tert-OH is 1. The van der Waals surface area contributed by atoms with E-state index in [-0.39, 0.29) is 41.7 Å². The summed E-state index contributed by atoms with van der Waals surface area (Å²) in [5.41, 5.74) is 7.17. The molecule has 340 valence electrons. The van der Waals surface area contributed by atoms with Gasteiger partial charge in [-0.2, -0.15) is 0 Å². The maximum atomic E-state index is 14.2. The van der Waals surface area contributed by atoms with E-state index in [0.29, 0.717) is 49.9 Å². The van der Waals surface area contributed by atoms with Crippen LogP contribution in [0.1, 0.15) is 74.5 Å². The van der Waals surface area contributed by atoms with E-state index in [1.54, 1.807) is 12.0 Å². The summed E-state index contributed by atoms with van der Waals surface area (Å²) in [6, 6.07) is 21.6. The Kier molecular flexibility index (Phi) is 12.3. The van der Waals surface area contributed by atoms with Gasteiger partial charge in [0.05, 0.1) is 54.8 Å². The fourth-order valence-corrected chi connectivity index (χ4v) is 9.84. The van der Waals surface area contributed by atoms with Crippen LogP contribution in [-0.4, -0.2) is 106 Å². The minimum atomic E-state index is -1.27. The number of likely N-dealkylation sites (tertiary alicyclic amines) is 2. The smallest absolute Gasteiger partial charge is 0.407 e. The van der Waals surface area contributed by atoms with Gasteiger partial charge in [-0.3, -0.25) is 14.9 Å². The van der Waals surface area contributed by atoms with Crippen LogP contribution in [0.4, 0.5) is 4.79 Å². The summed E-state index contributed by atoms with van der Waals surface area (Å²) in [6.07, 6.45) is 1.25. The summed E-state index contributed by atoms with van der Waals surface area (Å²) in [5.74, 6) is 2.01. The Balaban J connectivity index is 0.972. The molecule has 2 saturated heterocycles. The number of aliphatic hydroxyl groups is 1. The van der Waals surface area contributed by atoms with Gasteiger partial charge in [-0.25, -0.2) is 14.8 Å². The molecule has 1 unspecified atom stereocenters. The number of carbonyl (C=O) groups is 3. The molecule has 5 heterocycles. The van der Waals surface area contributed by atoms with Crippen molar-refractivity contribution in [2.45, 2.75) is 70.8 Å². The van der Waals surface area contributed by atoms with Crippen LogP contribution in [-0.2, 0) is 30.4 Å². The predicted molar refractivity (Wildman–Crippen MR) is 243 cm³/mol. The number of hydrogen-bond donors (Lipinski definition) is 5. The van der Waals surface area contributed by atoms with Crippen molar-refractivity contribution in [2.24, 2.45) is 17.8 Å². The number of imidazole rings is 2. The highest BCUT2D eigenvalue weighted by Crippen LogP contribution is 2.44. The van der Waals surface area contributed by atoms with Crippen LogP contribution in [0.25, 0.3) is 44.2 Å². The molecule has 0 spiro atoms. The summed E-state index contributed by atoms with van der Waals surface area (Å²) < 4.78 is 21.9. The number of methoxy groups -OCH3 is 3. The normalized spacial score (nSPS) is 20.7. The quantitative estimate of drug-likeness (QED) is 0.0771. The Morgan fingerprint density at radius 1 is 0.908 bits per heavy atom. The van der Waals surface area contributed by atoms with Gasteiger partial charge in [0.15, 0.2) is 0 Å². The number of nitrogens with zero attached hydrogens (tertiary/aromatic N) is 4. The minimum Gasteiger partial charge on any atom is -0.488 e. The van der Waals surface area contributed by atoms with Crippen molar-refractivity contribution in [3.63, 3.8) is 0 Å². The topological polar surface area (TPSA) is 196 Å². The Morgan fingerprint density at radius 2 is 1.69 bits per heavy atom. The van der Waals surface area contributed by atoms with Gasteiger partial charge >= 0.3 is 6.09 Å². The van der Waals surface area contributed by atoms with Crippen LogP contribution in [0.5, 0.6) is 5.75 Å². The van der Waals surface area contributed by atoms with Gasteiger partial charge in [-0.05, 0) is 76.6 Å². The number of amides is 3. The molecule has 9 rings (SSSR count). The third kappa shape index (κ3) is 8.54. The zero-order valence-corrected chi connectivity index (χ0v) is 37.5. The first kappa shape index (κ1) is 43.9. The van der Waals surface area contributed by atoms with Crippen molar-refractivity contribution in [1.82, 2.24) is 40.4 Å². The average molecular weight is 885 g/mol. The first-order valence-corrected chi connectivity index (χ1v) is 22.2. The molecule has 0 aliphatic carbocycles. The Morgan fingerprint density at radius 3 is 2.45 bits per heavy atom. The van der Waals surface area contributed by atoms with Crippen LogP contribution >= 0.6 is 0 Å². The molecule has 16 heteroatoms. The molecule has 4 aromatic carbocycles. The van der Waals surface area contributed by atoms with E-state index in [1.165, 1.54) is 14.2 Å². The Bertz CT molecular complexity index is 2720. The highest BCUT2D eigenvalue weighted by atomic mass is 16.6. The fourth-order valence-electron chi connectivity index (χ4n) is 9.84. The summed E-state index contributed by atoms with van der Waals surface area (Å²) in [6.45, 7) is 7.88. The van der Waals surface area contributed by atoms with E-state index in [0.717, 1.165) is 61.9 Å². The zero-order chi connectivity index (χ0) is 45.5. The number of alkyl carbamates (subject to hydrolysis) is 1. The second kappa shape index (κ2) is 18.3. The van der Waals surface area contributed by atoms with Gasteiger partial charge in [0.1, 0.15) is 30.0 Å². The Labute approximate surface area is 377 Å². The molecule has 2 fully saturated rings. The predicted octanol–water partition coefficient (Wildman–Crippen LogP) is 6.74. The second-order valence-corrected chi connectivity index (χ2v) is 17.9. The van der Waals surface area contributed by atoms with Crippen molar-refractivity contribution in [1.29, 1.82) is 0 Å². The van der Waals surface area contributed by atoms with Crippen molar-refractivity contribution in [3.8, 4) is 28.1 Å². The molecule has 2 aromatic heterocycles. The van der Waals surface area contributed by atoms with Crippen LogP contribution in [0.3, 0.4) is 0 Å². The van der Waals surface area contributed by atoms with Crippen molar-refractivity contribution in [2.75, 3.05) is 41.0 Å². The lowest BCUT2D eigenvalue weighted by Gasteiger charge is -2.31. The van der Waals surface area contributed by atoms with Gasteiger partial charge < -0.3 is 49.1 Å². The van der Waals surface area contributed by atoms with Gasteiger partial charge in [0.25, 0.3) is 5.91 Å². The number of nitrogens with one attached hydrogen (secondary N) is 4. The fraction of sp³-hybridized carbons (Fsp3) is 0.408. The number of aromatic amines is 2. The van der Waals surface area contributed by atoms with Crippen molar-refractivity contribution >= 4 is 39.7 Å². The highest BCUT2D eigenvalue weighted by molar-refractivity contribution is 6.07. The molecular weight excluding hydrogens is 829 g/mol. The van der Waals surface area contributed by atoms with Crippen LogP contribution in [0.15, 0.2) is 79.0 Å². The van der Waals surface area contributed by atoms with Gasteiger partial charge in [0, 0.05) is 44.2 Å². The van der Waals surface area contributed by atoms with E-state index in [2.05, 4.69) is 63.9 Å². The lowest BCUT2D eigenvalue weighted by molar-refractivity contribution is -0.145. The lowest BCUT2D eigenvalue weighted by Crippen LogP contribution is -2.53. The van der Waals surface area contributed by atoms with Crippen LogP contribution in [0, 0.1) is 17.8 Å². The maximum Gasteiger partial charge on any atom is 0.407 e. The largest absolute Gasteiger partial charge is 0.488 e. The van der Waals surface area contributed by atoms with Crippen molar-refractivity contribution < 1.29 is 38.4 Å². The molecule has 65 heavy (non-hydrogen) atoms. The molecule has 5 N–H and O–H groups in total. The summed E-state index contributed by atoms with van der Waals surface area (Å²) in [7, 11) is 4.34. The molecule has 7 atom stereocenters. The third-order valence-electron chi connectivity index (χ3n) is 13.1. The number of hydrogen-bond acceptors (Lipinski definition) is 11. The molecule has 0 radical (unpaired) electrons. The van der Waals surface area contributed by atoms with E-state index in [9.17, 15) is 19.5 Å². The molecule has 6 aromatic rings. The second-order valence-electron chi connectivity index (χ2n) is 17.9. The number of ether oxygens (including phenoxy) is 4. The standard InChI is InChI=1S/C49H56N8O8/c1-26(2)41(54-48(60)63-5)46(58)57-23-28(24-62-4)17-39(57)45-51-36-15-13-30-19-35-33-14-12-31(18-32(33)25-65-40(35)20-34(30)43(36)53-45)37-21-50-44(52-37)38-16-27(3)22-56(38)47(59)42(55-49(61)64-6)29-10-8-7-9-11-29/h7-15,18-21,26-28,38-39,41-42,48,54,60H,16-17,22-25H2,1-6H3,(H,50,52)(H,51,53)(H,55,61)/t27-,28-,38-,39-,41-,42+,48?/m0/s1. The SMILES string of the molecule is COC[C@H]1C[C@@H](c2nc3c(ccc4cc5c(cc43)OCc3cc(-c4cnc([C@@H]6C[C@H](C)CN6C(=O)[C@H](NC(=O)OC)c6ccccc6)[nH]4)ccc3-5)[nH]2)N(C(=O)[C@@H](NC(O)OC)C(C)C)C1. The first-order chi connectivity index (χ1) is 31.4. The zero-order valence-electron chi connectivity index (χ0n) is 37.5. The number of fused-ring (bicyclic) bond motifs is 6. The molecule has 3 aliphatic heterocycles. The molecular formula is C49H56N8O8. The number of aromatic nitrogens is 4. The van der Waals surface area contributed by atoms with E-state index >= 15 is 0 Å². The molecule has 0 bridgehead atoms. The summed E-state index contributed by atoms with van der Waals surface area (Å²) >= 11 is 0. The average Bonchev–Trinajstić information content (AvgIpc) is 4.15. The molecule has 16 nitrogen and oxygen atoms in total. The molecule has 0 saturated carbocycles. The number of rotatable bonds is 13. The van der Waals surface area contributed by atoms with E-state index < -0.39 is 24.6 Å². The summed E-state index contributed by atoms with van der Waals surface area (Å²) in [4.78, 5) is 61.3. The summed E-state index contributed by atoms with van der Waals surface area (Å²) in [5, 5.41) is 17.8. The molecule has 3 aliphatic rings. The maximum absolute atomic E-state index is 14.2. The number of H-pyrrole nitrogens is 2.